The first-order chi connectivity index (χ1) is 7.32. The third kappa shape index (κ3) is 3.20. The van der Waals surface area contributed by atoms with E-state index < -0.39 is 23.5 Å². The Kier molecular flexibility index (Phi) is 3.91. The van der Waals surface area contributed by atoms with Gasteiger partial charge in [0.15, 0.2) is 0 Å². The fourth-order valence-corrected chi connectivity index (χ4v) is 1.67. The van der Waals surface area contributed by atoms with Crippen molar-refractivity contribution in [2.75, 3.05) is 6.61 Å². The molecule has 5 nitrogen and oxygen atoms in total. The molecule has 2 atom stereocenters. The molecule has 5 heteroatoms. The molecule has 1 rings (SSSR count). The van der Waals surface area contributed by atoms with Crippen LogP contribution in [-0.4, -0.2) is 35.7 Å². The molecule has 0 aliphatic carbocycles. The number of hydrogen-bond acceptors (Lipinski definition) is 3. The Hall–Kier alpha value is -1.10. The van der Waals surface area contributed by atoms with Crippen LogP contribution in [0.25, 0.3) is 0 Å². The lowest BCUT2D eigenvalue weighted by Gasteiger charge is -2.28. The number of amides is 1. The molecule has 2 N–H and O–H groups in total. The van der Waals surface area contributed by atoms with E-state index in [1.807, 2.05) is 0 Å². The van der Waals surface area contributed by atoms with Gasteiger partial charge in [-0.05, 0) is 18.3 Å². The van der Waals surface area contributed by atoms with Crippen LogP contribution in [0.5, 0.6) is 0 Å². The minimum atomic E-state index is -1.01. The third-order valence-electron chi connectivity index (χ3n) is 2.62. The monoisotopic (exact) mass is 229 g/mol. The SMILES string of the molecule is CC(C)(C)[C@H](NC(=O)[C@@H]1CCCO1)C(=O)O. The lowest BCUT2D eigenvalue weighted by atomic mass is 9.86. The van der Waals surface area contributed by atoms with Gasteiger partial charge < -0.3 is 15.2 Å². The van der Waals surface area contributed by atoms with Crippen molar-refractivity contribution >= 4 is 11.9 Å². The number of carbonyl (C=O) groups excluding carboxylic acids is 1. The molecule has 1 aliphatic heterocycles. The molecule has 1 saturated heterocycles. The Morgan fingerprint density at radius 1 is 1.44 bits per heavy atom. The van der Waals surface area contributed by atoms with Crippen LogP contribution >= 0.6 is 0 Å². The fraction of sp³-hybridized carbons (Fsp3) is 0.818. The number of carboxylic acids is 1. The van der Waals surface area contributed by atoms with E-state index in [0.717, 1.165) is 6.42 Å². The second kappa shape index (κ2) is 4.82. The van der Waals surface area contributed by atoms with Crippen molar-refractivity contribution in [2.24, 2.45) is 5.41 Å². The molecule has 0 radical (unpaired) electrons. The average molecular weight is 229 g/mol. The van der Waals surface area contributed by atoms with Gasteiger partial charge in [-0.25, -0.2) is 4.79 Å². The molecule has 0 bridgehead atoms. The molecule has 16 heavy (non-hydrogen) atoms. The zero-order valence-corrected chi connectivity index (χ0v) is 9.95. The van der Waals surface area contributed by atoms with Crippen LogP contribution < -0.4 is 5.32 Å². The summed E-state index contributed by atoms with van der Waals surface area (Å²) < 4.78 is 5.20. The molecule has 0 aromatic carbocycles. The normalized spacial score (nSPS) is 22.8. The number of aliphatic carboxylic acids is 1. The summed E-state index contributed by atoms with van der Waals surface area (Å²) in [5.41, 5.74) is -0.514. The summed E-state index contributed by atoms with van der Waals surface area (Å²) in [6, 6.07) is -0.885. The van der Waals surface area contributed by atoms with Gasteiger partial charge in [0, 0.05) is 6.61 Å². The zero-order valence-electron chi connectivity index (χ0n) is 9.95. The minimum absolute atomic E-state index is 0.320. The van der Waals surface area contributed by atoms with Crippen LogP contribution in [0.4, 0.5) is 0 Å². The molecular weight excluding hydrogens is 210 g/mol. The summed E-state index contributed by atoms with van der Waals surface area (Å²) in [5, 5.41) is 11.6. The molecule has 0 saturated carbocycles. The van der Waals surface area contributed by atoms with Gasteiger partial charge in [0.05, 0.1) is 0 Å². The molecular formula is C11H19NO4. The van der Waals surface area contributed by atoms with Crippen molar-refractivity contribution in [3.8, 4) is 0 Å². The van der Waals surface area contributed by atoms with E-state index in [4.69, 9.17) is 9.84 Å². The lowest BCUT2D eigenvalue weighted by molar-refractivity contribution is -0.146. The highest BCUT2D eigenvalue weighted by Crippen LogP contribution is 2.20. The Balaban J connectivity index is 2.61. The maximum Gasteiger partial charge on any atom is 0.326 e. The molecule has 0 spiro atoms. The number of rotatable bonds is 3. The number of carboxylic acid groups (broad SMARTS) is 1. The first kappa shape index (κ1) is 13.0. The van der Waals surface area contributed by atoms with Gasteiger partial charge in [-0.3, -0.25) is 4.79 Å². The van der Waals surface area contributed by atoms with Crippen molar-refractivity contribution in [1.29, 1.82) is 0 Å². The zero-order chi connectivity index (χ0) is 12.3. The van der Waals surface area contributed by atoms with E-state index >= 15 is 0 Å². The van der Waals surface area contributed by atoms with Crippen LogP contribution in [-0.2, 0) is 14.3 Å². The van der Waals surface area contributed by atoms with Crippen molar-refractivity contribution < 1.29 is 19.4 Å². The van der Waals surface area contributed by atoms with Gasteiger partial charge >= 0.3 is 5.97 Å². The number of ether oxygens (including phenoxy) is 1. The smallest absolute Gasteiger partial charge is 0.326 e. The topological polar surface area (TPSA) is 75.6 Å². The summed E-state index contributed by atoms with van der Waals surface area (Å²) in [6.07, 6.45) is 1.04. The van der Waals surface area contributed by atoms with E-state index in [2.05, 4.69) is 5.32 Å². The predicted octanol–water partition coefficient (Wildman–Crippen LogP) is 0.781. The van der Waals surface area contributed by atoms with Gasteiger partial charge in [-0.15, -0.1) is 0 Å². The highest BCUT2D eigenvalue weighted by atomic mass is 16.5. The Morgan fingerprint density at radius 2 is 2.06 bits per heavy atom. The quantitative estimate of drug-likeness (QED) is 0.750. The molecule has 1 aliphatic rings. The van der Waals surface area contributed by atoms with Crippen molar-refractivity contribution in [2.45, 2.75) is 45.8 Å². The lowest BCUT2D eigenvalue weighted by Crippen LogP contribution is -2.51. The summed E-state index contributed by atoms with van der Waals surface area (Å²) in [4.78, 5) is 22.7. The molecule has 0 aromatic rings. The van der Waals surface area contributed by atoms with E-state index in [9.17, 15) is 9.59 Å². The van der Waals surface area contributed by atoms with E-state index in [1.165, 1.54) is 0 Å². The fourth-order valence-electron chi connectivity index (χ4n) is 1.67. The van der Waals surface area contributed by atoms with Crippen molar-refractivity contribution in [3.63, 3.8) is 0 Å². The second-order valence-corrected chi connectivity index (χ2v) is 5.15. The summed E-state index contributed by atoms with van der Waals surface area (Å²) in [6.45, 7) is 5.91. The van der Waals surface area contributed by atoms with Gasteiger partial charge in [0.1, 0.15) is 12.1 Å². The van der Waals surface area contributed by atoms with Gasteiger partial charge in [0.2, 0.25) is 5.91 Å². The van der Waals surface area contributed by atoms with E-state index in [1.54, 1.807) is 20.8 Å². The number of carbonyl (C=O) groups is 2. The summed E-state index contributed by atoms with van der Waals surface area (Å²) in [7, 11) is 0. The molecule has 0 aromatic heterocycles. The first-order valence-corrected chi connectivity index (χ1v) is 5.47. The second-order valence-electron chi connectivity index (χ2n) is 5.15. The summed E-state index contributed by atoms with van der Waals surface area (Å²) >= 11 is 0. The Bertz CT molecular complexity index is 276. The number of nitrogens with one attached hydrogen (secondary N) is 1. The molecule has 92 valence electrons. The molecule has 1 fully saturated rings. The van der Waals surface area contributed by atoms with Crippen LogP contribution in [0.15, 0.2) is 0 Å². The van der Waals surface area contributed by atoms with Crippen molar-refractivity contribution in [1.82, 2.24) is 5.32 Å². The van der Waals surface area contributed by atoms with Crippen LogP contribution in [0, 0.1) is 5.41 Å². The van der Waals surface area contributed by atoms with Gasteiger partial charge in [-0.2, -0.15) is 0 Å². The minimum Gasteiger partial charge on any atom is -0.480 e. The molecule has 1 heterocycles. The van der Waals surface area contributed by atoms with Crippen LogP contribution in [0.1, 0.15) is 33.6 Å². The Morgan fingerprint density at radius 3 is 2.44 bits per heavy atom. The summed E-state index contributed by atoms with van der Waals surface area (Å²) in [5.74, 6) is -1.33. The van der Waals surface area contributed by atoms with Crippen LogP contribution in [0.2, 0.25) is 0 Å². The van der Waals surface area contributed by atoms with E-state index in [0.29, 0.717) is 13.0 Å². The Labute approximate surface area is 95.2 Å². The van der Waals surface area contributed by atoms with Gasteiger partial charge in [-0.1, -0.05) is 20.8 Å². The number of hydrogen-bond donors (Lipinski definition) is 2. The van der Waals surface area contributed by atoms with Crippen molar-refractivity contribution in [3.05, 3.63) is 0 Å². The molecule has 1 amide bonds. The third-order valence-corrected chi connectivity index (χ3v) is 2.62. The predicted molar refractivity (Wildman–Crippen MR) is 58.0 cm³/mol. The highest BCUT2D eigenvalue weighted by Gasteiger charge is 2.35. The molecule has 0 unspecified atom stereocenters. The maximum absolute atomic E-state index is 11.7. The largest absolute Gasteiger partial charge is 0.480 e. The average Bonchev–Trinajstić information content (AvgIpc) is 2.63. The van der Waals surface area contributed by atoms with E-state index in [-0.39, 0.29) is 5.91 Å². The van der Waals surface area contributed by atoms with Crippen LogP contribution in [0.3, 0.4) is 0 Å². The van der Waals surface area contributed by atoms with Gasteiger partial charge in [0.25, 0.3) is 0 Å². The maximum atomic E-state index is 11.7. The first-order valence-electron chi connectivity index (χ1n) is 5.47. The standard InChI is InChI=1S/C11H19NO4/c1-11(2,3)8(10(14)15)12-9(13)7-5-4-6-16-7/h7-8H,4-6H2,1-3H3,(H,12,13)(H,14,15)/t7-,8+/m0/s1. The highest BCUT2D eigenvalue weighted by molar-refractivity contribution is 5.86.